The molecule has 4 heteroatoms. The van der Waals surface area contributed by atoms with Gasteiger partial charge >= 0.3 is 0 Å². The fraction of sp³-hybridized carbons (Fsp3) is 0.550. The standard InChI is InChI=1S/C20H25FN2O/c1-20(8-3-9-23(14-20)13-15-6-7-15)19-22-12-18(24-19)11-16-4-2-5-17(21)10-16/h2,4-5,10,12,15H,3,6-9,11,13-14H2,1H3/t20-/m1/s1. The van der Waals surface area contributed by atoms with E-state index in [1.807, 2.05) is 12.3 Å². The summed E-state index contributed by atoms with van der Waals surface area (Å²) >= 11 is 0. The molecule has 0 radical (unpaired) electrons. The van der Waals surface area contributed by atoms with Gasteiger partial charge in [0.15, 0.2) is 0 Å². The number of aromatic nitrogens is 1. The van der Waals surface area contributed by atoms with E-state index in [1.54, 1.807) is 12.1 Å². The molecule has 4 rings (SSSR count). The first kappa shape index (κ1) is 15.8. The third-order valence-corrected chi connectivity index (χ3v) is 5.33. The topological polar surface area (TPSA) is 29.3 Å². The number of nitrogens with zero attached hydrogens (tertiary/aromatic N) is 2. The van der Waals surface area contributed by atoms with E-state index < -0.39 is 0 Å². The summed E-state index contributed by atoms with van der Waals surface area (Å²) in [6.45, 7) is 5.72. The molecule has 3 nitrogen and oxygen atoms in total. The van der Waals surface area contributed by atoms with Crippen LogP contribution in [0.3, 0.4) is 0 Å². The van der Waals surface area contributed by atoms with Gasteiger partial charge in [-0.25, -0.2) is 9.37 Å². The molecule has 0 bridgehead atoms. The van der Waals surface area contributed by atoms with Crippen LogP contribution in [-0.4, -0.2) is 29.5 Å². The molecule has 1 atom stereocenters. The molecular formula is C20H25FN2O. The van der Waals surface area contributed by atoms with Gasteiger partial charge in [0.1, 0.15) is 11.6 Å². The Kier molecular flexibility index (Phi) is 4.17. The quantitative estimate of drug-likeness (QED) is 0.825. The summed E-state index contributed by atoms with van der Waals surface area (Å²) in [6, 6.07) is 6.68. The first-order valence-corrected chi connectivity index (χ1v) is 9.03. The zero-order chi connectivity index (χ0) is 16.6. The van der Waals surface area contributed by atoms with Crippen molar-refractivity contribution < 1.29 is 8.81 Å². The maximum atomic E-state index is 13.3. The lowest BCUT2D eigenvalue weighted by Gasteiger charge is -2.38. The predicted molar refractivity (Wildman–Crippen MR) is 91.5 cm³/mol. The summed E-state index contributed by atoms with van der Waals surface area (Å²) in [5, 5.41) is 0. The molecular weight excluding hydrogens is 303 g/mol. The molecule has 0 amide bonds. The molecule has 1 aromatic heterocycles. The summed E-state index contributed by atoms with van der Waals surface area (Å²) in [5.74, 6) is 2.37. The van der Waals surface area contributed by atoms with Crippen LogP contribution in [0, 0.1) is 11.7 Å². The Hall–Kier alpha value is -1.68. The van der Waals surface area contributed by atoms with Gasteiger partial charge in [0.05, 0.1) is 11.6 Å². The van der Waals surface area contributed by atoms with Crippen LogP contribution in [0.25, 0.3) is 0 Å². The van der Waals surface area contributed by atoms with Crippen LogP contribution in [0.15, 0.2) is 34.9 Å². The lowest BCUT2D eigenvalue weighted by Crippen LogP contribution is -2.45. The predicted octanol–water partition coefficient (Wildman–Crippen LogP) is 4.17. The average Bonchev–Trinajstić information content (AvgIpc) is 3.22. The smallest absolute Gasteiger partial charge is 0.201 e. The highest BCUT2D eigenvalue weighted by atomic mass is 19.1. The summed E-state index contributed by atoms with van der Waals surface area (Å²) in [6.07, 6.45) is 7.50. The molecule has 0 N–H and O–H groups in total. The van der Waals surface area contributed by atoms with Crippen LogP contribution in [0.2, 0.25) is 0 Å². The van der Waals surface area contributed by atoms with Crippen LogP contribution in [0.4, 0.5) is 4.39 Å². The van der Waals surface area contributed by atoms with Crippen molar-refractivity contribution in [2.45, 2.75) is 44.4 Å². The SMILES string of the molecule is C[C@@]1(c2ncc(Cc3cccc(F)c3)o2)CCCN(CC2CC2)C1. The van der Waals surface area contributed by atoms with Gasteiger partial charge in [-0.05, 0) is 62.8 Å². The van der Waals surface area contributed by atoms with E-state index in [2.05, 4.69) is 16.8 Å². The minimum Gasteiger partial charge on any atom is -0.445 e. The monoisotopic (exact) mass is 328 g/mol. The highest BCUT2D eigenvalue weighted by molar-refractivity contribution is 5.21. The molecule has 128 valence electrons. The lowest BCUT2D eigenvalue weighted by molar-refractivity contribution is 0.131. The van der Waals surface area contributed by atoms with Crippen molar-refractivity contribution in [1.29, 1.82) is 0 Å². The summed E-state index contributed by atoms with van der Waals surface area (Å²) < 4.78 is 19.4. The van der Waals surface area contributed by atoms with Crippen molar-refractivity contribution in [3.8, 4) is 0 Å². The minimum absolute atomic E-state index is 0.00662. The van der Waals surface area contributed by atoms with E-state index in [0.29, 0.717) is 6.42 Å². The van der Waals surface area contributed by atoms with Gasteiger partial charge < -0.3 is 9.32 Å². The van der Waals surface area contributed by atoms with Gasteiger partial charge in [-0.3, -0.25) is 0 Å². The van der Waals surface area contributed by atoms with Crippen molar-refractivity contribution in [1.82, 2.24) is 9.88 Å². The number of rotatable bonds is 5. The maximum absolute atomic E-state index is 13.3. The Morgan fingerprint density at radius 3 is 3.04 bits per heavy atom. The number of piperidine rings is 1. The first-order chi connectivity index (χ1) is 11.6. The third kappa shape index (κ3) is 3.54. The number of hydrogen-bond acceptors (Lipinski definition) is 3. The molecule has 1 aromatic carbocycles. The van der Waals surface area contributed by atoms with Gasteiger partial charge in [0, 0.05) is 19.5 Å². The molecule has 1 aliphatic carbocycles. The van der Waals surface area contributed by atoms with E-state index in [4.69, 9.17) is 4.42 Å². The summed E-state index contributed by atoms with van der Waals surface area (Å²) in [4.78, 5) is 7.15. The second kappa shape index (κ2) is 6.32. The molecule has 2 aliphatic rings. The maximum Gasteiger partial charge on any atom is 0.201 e. The zero-order valence-corrected chi connectivity index (χ0v) is 14.3. The Balaban J connectivity index is 1.46. The lowest BCUT2D eigenvalue weighted by atomic mass is 9.81. The minimum atomic E-state index is -0.206. The molecule has 2 fully saturated rings. The fourth-order valence-corrected chi connectivity index (χ4v) is 3.86. The third-order valence-electron chi connectivity index (χ3n) is 5.33. The number of hydrogen-bond donors (Lipinski definition) is 0. The van der Waals surface area contributed by atoms with Gasteiger partial charge in [-0.15, -0.1) is 0 Å². The molecule has 24 heavy (non-hydrogen) atoms. The average molecular weight is 328 g/mol. The van der Waals surface area contributed by atoms with Crippen LogP contribution in [0.5, 0.6) is 0 Å². The van der Waals surface area contributed by atoms with Crippen LogP contribution < -0.4 is 0 Å². The summed E-state index contributed by atoms with van der Waals surface area (Å²) in [5.41, 5.74) is 0.912. The number of oxazole rings is 1. The summed E-state index contributed by atoms with van der Waals surface area (Å²) in [7, 11) is 0. The largest absolute Gasteiger partial charge is 0.445 e. The van der Waals surface area contributed by atoms with Gasteiger partial charge in [-0.1, -0.05) is 12.1 Å². The number of benzene rings is 1. The molecule has 2 aromatic rings. The Morgan fingerprint density at radius 2 is 2.25 bits per heavy atom. The number of likely N-dealkylation sites (tertiary alicyclic amines) is 1. The van der Waals surface area contributed by atoms with E-state index in [0.717, 1.165) is 36.1 Å². The first-order valence-electron chi connectivity index (χ1n) is 9.03. The van der Waals surface area contributed by atoms with Crippen molar-refractivity contribution in [3.63, 3.8) is 0 Å². The normalized spacial score (nSPS) is 25.1. The van der Waals surface area contributed by atoms with Gasteiger partial charge in [-0.2, -0.15) is 0 Å². The second-order valence-electron chi connectivity index (χ2n) is 7.78. The van der Waals surface area contributed by atoms with Crippen molar-refractivity contribution in [2.24, 2.45) is 5.92 Å². The van der Waals surface area contributed by atoms with Gasteiger partial charge in [0.25, 0.3) is 0 Å². The highest BCUT2D eigenvalue weighted by Crippen LogP contribution is 2.36. The van der Waals surface area contributed by atoms with Crippen LogP contribution >= 0.6 is 0 Å². The zero-order valence-electron chi connectivity index (χ0n) is 14.3. The van der Waals surface area contributed by atoms with E-state index >= 15 is 0 Å². The van der Waals surface area contributed by atoms with E-state index in [9.17, 15) is 4.39 Å². The van der Waals surface area contributed by atoms with Crippen molar-refractivity contribution >= 4 is 0 Å². The molecule has 0 spiro atoms. The number of halogens is 1. The van der Waals surface area contributed by atoms with Crippen molar-refractivity contribution in [2.75, 3.05) is 19.6 Å². The molecule has 2 heterocycles. The van der Waals surface area contributed by atoms with Gasteiger partial charge in [0.2, 0.25) is 5.89 Å². The van der Waals surface area contributed by atoms with Crippen molar-refractivity contribution in [3.05, 3.63) is 53.5 Å². The fourth-order valence-electron chi connectivity index (χ4n) is 3.86. The Labute approximate surface area is 142 Å². The van der Waals surface area contributed by atoms with Crippen LogP contribution in [-0.2, 0) is 11.8 Å². The van der Waals surface area contributed by atoms with E-state index in [1.165, 1.54) is 38.4 Å². The second-order valence-corrected chi connectivity index (χ2v) is 7.78. The highest BCUT2D eigenvalue weighted by Gasteiger charge is 2.38. The Morgan fingerprint density at radius 1 is 1.38 bits per heavy atom. The molecule has 1 saturated carbocycles. The Bertz CT molecular complexity index is 709. The molecule has 0 unspecified atom stereocenters. The van der Waals surface area contributed by atoms with Crippen LogP contribution in [0.1, 0.15) is 49.8 Å². The molecule has 1 aliphatic heterocycles. The van der Waals surface area contributed by atoms with E-state index in [-0.39, 0.29) is 11.2 Å². The molecule has 1 saturated heterocycles.